The fourth-order valence-electron chi connectivity index (χ4n) is 5.24. The fraction of sp³-hybridized carbons (Fsp3) is 0.351. The molecule has 5 rings (SSSR count). The Kier molecular flexibility index (Phi) is 13.0. The number of ketones is 1. The SMILES string of the molecule is CCCCCOc1ccc([C@@H]2C(=C(O)c3ccc(OCCCC)cc3)C(=O)C(=O)N2c2nnc(SCc3ccc(Cl)cc3)s2)cc1OCC. The Bertz CT molecular complexity index is 1760. The van der Waals surface area contributed by atoms with E-state index in [-0.39, 0.29) is 16.5 Å². The Morgan fingerprint density at radius 3 is 2.33 bits per heavy atom. The molecule has 4 aromatic rings. The first-order valence-corrected chi connectivity index (χ1v) is 18.7. The van der Waals surface area contributed by atoms with Gasteiger partial charge in [-0.15, -0.1) is 10.2 Å². The van der Waals surface area contributed by atoms with E-state index in [0.29, 0.717) is 63.3 Å². The second kappa shape index (κ2) is 17.6. The quantitative estimate of drug-likeness (QED) is 0.0285. The molecule has 1 aliphatic rings. The third-order valence-corrected chi connectivity index (χ3v) is 10.2. The van der Waals surface area contributed by atoms with E-state index >= 15 is 0 Å². The molecular formula is C37H40ClN3O6S2. The zero-order chi connectivity index (χ0) is 34.8. The fourth-order valence-corrected chi connectivity index (χ4v) is 7.19. The van der Waals surface area contributed by atoms with Crippen molar-refractivity contribution in [1.82, 2.24) is 10.2 Å². The van der Waals surface area contributed by atoms with Crippen LogP contribution < -0.4 is 19.1 Å². The number of ether oxygens (including phenoxy) is 3. The molecular weight excluding hydrogens is 682 g/mol. The largest absolute Gasteiger partial charge is 0.507 e. The first-order valence-electron chi connectivity index (χ1n) is 16.5. The molecule has 1 fully saturated rings. The van der Waals surface area contributed by atoms with Crippen LogP contribution in [0.25, 0.3) is 5.76 Å². The third-order valence-electron chi connectivity index (χ3n) is 7.81. The van der Waals surface area contributed by atoms with Crippen LogP contribution in [-0.2, 0) is 15.3 Å². The first kappa shape index (κ1) is 36.2. The molecule has 1 saturated heterocycles. The van der Waals surface area contributed by atoms with Gasteiger partial charge >= 0.3 is 5.91 Å². The van der Waals surface area contributed by atoms with Crippen molar-refractivity contribution >= 4 is 57.3 Å². The second-order valence-electron chi connectivity index (χ2n) is 11.4. The van der Waals surface area contributed by atoms with Crippen LogP contribution in [0.3, 0.4) is 0 Å². The smallest absolute Gasteiger partial charge is 0.301 e. The highest BCUT2D eigenvalue weighted by Crippen LogP contribution is 2.46. The molecule has 12 heteroatoms. The maximum atomic E-state index is 13.8. The van der Waals surface area contributed by atoms with Gasteiger partial charge in [-0.2, -0.15) is 0 Å². The summed E-state index contributed by atoms with van der Waals surface area (Å²) in [5.74, 6) is 0.370. The molecule has 1 N–H and O–H groups in total. The monoisotopic (exact) mass is 721 g/mol. The molecule has 0 unspecified atom stereocenters. The number of benzene rings is 3. The highest BCUT2D eigenvalue weighted by Gasteiger charge is 2.48. The molecule has 0 bridgehead atoms. The number of hydrogen-bond acceptors (Lipinski definition) is 10. The Morgan fingerprint density at radius 2 is 1.61 bits per heavy atom. The highest BCUT2D eigenvalue weighted by atomic mass is 35.5. The normalized spacial score (nSPS) is 15.5. The Labute approximate surface area is 300 Å². The van der Waals surface area contributed by atoms with Gasteiger partial charge in [-0.05, 0) is 79.4 Å². The zero-order valence-electron chi connectivity index (χ0n) is 27.8. The van der Waals surface area contributed by atoms with E-state index < -0.39 is 17.7 Å². The minimum atomic E-state index is -1.00. The van der Waals surface area contributed by atoms with E-state index in [1.807, 2.05) is 31.2 Å². The van der Waals surface area contributed by atoms with Gasteiger partial charge in [-0.3, -0.25) is 14.5 Å². The van der Waals surface area contributed by atoms with Gasteiger partial charge < -0.3 is 19.3 Å². The Balaban J connectivity index is 1.52. The van der Waals surface area contributed by atoms with Crippen LogP contribution in [0.4, 0.5) is 5.13 Å². The van der Waals surface area contributed by atoms with Crippen LogP contribution in [0.1, 0.15) is 75.6 Å². The van der Waals surface area contributed by atoms with Gasteiger partial charge in [0.1, 0.15) is 11.5 Å². The number of thioether (sulfide) groups is 1. The molecule has 1 atom stereocenters. The second-order valence-corrected chi connectivity index (χ2v) is 14.0. The minimum absolute atomic E-state index is 0.0609. The Morgan fingerprint density at radius 1 is 0.878 bits per heavy atom. The van der Waals surface area contributed by atoms with E-state index in [4.69, 9.17) is 25.8 Å². The third kappa shape index (κ3) is 8.95. The van der Waals surface area contributed by atoms with Crippen LogP contribution in [-0.4, -0.2) is 46.8 Å². The maximum Gasteiger partial charge on any atom is 0.301 e. The molecule has 1 amide bonds. The lowest BCUT2D eigenvalue weighted by molar-refractivity contribution is -0.132. The lowest BCUT2D eigenvalue weighted by Gasteiger charge is -2.23. The molecule has 49 heavy (non-hydrogen) atoms. The van der Waals surface area contributed by atoms with Crippen LogP contribution in [0, 0.1) is 0 Å². The number of amides is 1. The summed E-state index contributed by atoms with van der Waals surface area (Å²) in [6.45, 7) is 7.59. The van der Waals surface area contributed by atoms with Gasteiger partial charge in [-0.1, -0.05) is 86.0 Å². The van der Waals surface area contributed by atoms with E-state index in [9.17, 15) is 14.7 Å². The Hall–Kier alpha value is -4.06. The average Bonchev–Trinajstić information content (AvgIpc) is 3.68. The summed E-state index contributed by atoms with van der Waals surface area (Å²) in [4.78, 5) is 28.9. The van der Waals surface area contributed by atoms with E-state index in [1.54, 1.807) is 42.5 Å². The van der Waals surface area contributed by atoms with Gasteiger partial charge in [0.2, 0.25) is 5.13 Å². The number of nitrogens with zero attached hydrogens (tertiary/aromatic N) is 3. The number of anilines is 1. The number of aliphatic hydroxyl groups excluding tert-OH is 1. The molecule has 0 radical (unpaired) electrons. The topological polar surface area (TPSA) is 111 Å². The first-order chi connectivity index (χ1) is 23.8. The molecule has 0 aliphatic carbocycles. The number of halogens is 1. The molecule has 258 valence electrons. The van der Waals surface area contributed by atoms with Crippen LogP contribution >= 0.6 is 34.7 Å². The maximum absolute atomic E-state index is 13.8. The van der Waals surface area contributed by atoms with E-state index in [1.165, 1.54) is 28.0 Å². The van der Waals surface area contributed by atoms with Gasteiger partial charge in [0, 0.05) is 16.3 Å². The number of hydrogen-bond donors (Lipinski definition) is 1. The number of aromatic nitrogens is 2. The lowest BCUT2D eigenvalue weighted by Crippen LogP contribution is -2.29. The van der Waals surface area contributed by atoms with Crippen molar-refractivity contribution in [2.75, 3.05) is 24.7 Å². The summed E-state index contributed by atoms with van der Waals surface area (Å²) in [6.07, 6.45) is 4.95. The minimum Gasteiger partial charge on any atom is -0.507 e. The molecule has 2 heterocycles. The number of aliphatic hydroxyl groups is 1. The summed E-state index contributed by atoms with van der Waals surface area (Å²) in [5, 5.41) is 21.2. The predicted octanol–water partition coefficient (Wildman–Crippen LogP) is 9.26. The van der Waals surface area contributed by atoms with Crippen LogP contribution in [0.5, 0.6) is 17.2 Å². The van der Waals surface area contributed by atoms with Gasteiger partial charge in [0.15, 0.2) is 15.8 Å². The van der Waals surface area contributed by atoms with Crippen molar-refractivity contribution in [3.8, 4) is 17.2 Å². The number of Topliss-reactive ketones (excluding diaryl/α,β-unsaturated/α-hetero) is 1. The van der Waals surface area contributed by atoms with Crippen molar-refractivity contribution in [3.63, 3.8) is 0 Å². The highest BCUT2D eigenvalue weighted by molar-refractivity contribution is 8.00. The molecule has 1 aromatic heterocycles. The zero-order valence-corrected chi connectivity index (χ0v) is 30.2. The number of rotatable bonds is 17. The van der Waals surface area contributed by atoms with Gasteiger partial charge in [-0.25, -0.2) is 0 Å². The average molecular weight is 722 g/mol. The van der Waals surface area contributed by atoms with Gasteiger partial charge in [0.05, 0.1) is 31.4 Å². The predicted molar refractivity (Wildman–Crippen MR) is 195 cm³/mol. The molecule has 0 saturated carbocycles. The van der Waals surface area contributed by atoms with Crippen LogP contribution in [0.15, 0.2) is 76.6 Å². The summed E-state index contributed by atoms with van der Waals surface area (Å²) in [6, 6.07) is 18.7. The molecule has 9 nitrogen and oxygen atoms in total. The standard InChI is InChI=1S/C37H40ClN3O6S2/c1-4-7-9-21-47-29-19-14-26(22-30(29)45-6-3)32-31(33(42)25-12-17-28(18-13-25)46-20-8-5-2)34(43)35(44)41(32)36-39-40-37(49-36)48-23-24-10-15-27(38)16-11-24/h10-19,22,32,42H,4-9,20-21,23H2,1-3H3/t32-/m1/s1. The van der Waals surface area contributed by atoms with Crippen molar-refractivity contribution in [3.05, 3.63) is 94.0 Å². The van der Waals surface area contributed by atoms with E-state index in [2.05, 4.69) is 24.0 Å². The molecule has 3 aromatic carbocycles. The van der Waals surface area contributed by atoms with Crippen molar-refractivity contribution in [1.29, 1.82) is 0 Å². The van der Waals surface area contributed by atoms with Crippen molar-refractivity contribution in [2.45, 2.75) is 69.0 Å². The van der Waals surface area contributed by atoms with Gasteiger partial charge in [0.25, 0.3) is 5.78 Å². The van der Waals surface area contributed by atoms with E-state index in [0.717, 1.165) is 37.7 Å². The molecule has 0 spiro atoms. The summed E-state index contributed by atoms with van der Waals surface area (Å²) < 4.78 is 18.4. The number of carbonyl (C=O) groups is 2. The number of unbranched alkanes of at least 4 members (excludes halogenated alkanes) is 3. The lowest BCUT2D eigenvalue weighted by atomic mass is 9.95. The summed E-state index contributed by atoms with van der Waals surface area (Å²) in [7, 11) is 0. The summed E-state index contributed by atoms with van der Waals surface area (Å²) >= 11 is 8.70. The van der Waals surface area contributed by atoms with Crippen molar-refractivity contribution < 1.29 is 28.9 Å². The number of carbonyl (C=O) groups excluding carboxylic acids is 2. The van der Waals surface area contributed by atoms with Crippen molar-refractivity contribution in [2.24, 2.45) is 0 Å². The summed E-state index contributed by atoms with van der Waals surface area (Å²) in [5.41, 5.74) is 1.92. The molecule has 1 aliphatic heterocycles. The van der Waals surface area contributed by atoms with Crippen LogP contribution in [0.2, 0.25) is 5.02 Å².